The summed E-state index contributed by atoms with van der Waals surface area (Å²) < 4.78 is 66.1. The van der Waals surface area contributed by atoms with Gasteiger partial charge in [-0.25, -0.2) is 4.39 Å². The van der Waals surface area contributed by atoms with Crippen LogP contribution in [-0.2, 0) is 36.7 Å². The number of alkyl halides is 4. The van der Waals surface area contributed by atoms with E-state index in [1.807, 2.05) is 0 Å². The van der Waals surface area contributed by atoms with Gasteiger partial charge in [0.25, 0.3) is 5.91 Å². The highest BCUT2D eigenvalue weighted by Gasteiger charge is 2.50. The molecule has 1 aliphatic carbocycles. The van der Waals surface area contributed by atoms with Crippen LogP contribution in [0.5, 0.6) is 0 Å². The number of aryl methyl sites for hydroxylation is 1. The van der Waals surface area contributed by atoms with Crippen molar-refractivity contribution >= 4 is 11.6 Å². The van der Waals surface area contributed by atoms with Gasteiger partial charge in [0.15, 0.2) is 5.82 Å². The van der Waals surface area contributed by atoms with Gasteiger partial charge in [-0.15, -0.1) is 10.2 Å². The van der Waals surface area contributed by atoms with Crippen molar-refractivity contribution in [1.29, 1.82) is 0 Å². The molecule has 0 bridgehead atoms. The van der Waals surface area contributed by atoms with Crippen LogP contribution in [-0.4, -0.2) is 39.4 Å². The SMILES string of the molecule is Cn1cnnc1[C@](F)(c1cccc(N2Cc3c(cc(CNC4(C)CCC4)cc3C(F)(F)F)C2=O)c1)C1COC1. The van der Waals surface area contributed by atoms with Gasteiger partial charge >= 0.3 is 6.18 Å². The van der Waals surface area contributed by atoms with E-state index in [1.54, 1.807) is 31.3 Å². The third-order valence-corrected chi connectivity index (χ3v) is 8.40. The molecule has 7 nitrogen and oxygen atoms in total. The Hall–Kier alpha value is -3.31. The first-order valence-electron chi connectivity index (χ1n) is 13.0. The number of fused-ring (bicyclic) bond motifs is 1. The predicted octanol–water partition coefficient (Wildman–Crippen LogP) is 4.89. The quantitative estimate of drug-likeness (QED) is 0.430. The lowest BCUT2D eigenvalue weighted by Gasteiger charge is -2.39. The maximum Gasteiger partial charge on any atom is 0.416 e. The fourth-order valence-electron chi connectivity index (χ4n) is 5.76. The zero-order valence-electron chi connectivity index (χ0n) is 21.7. The van der Waals surface area contributed by atoms with Crippen molar-refractivity contribution in [1.82, 2.24) is 20.1 Å². The number of nitrogens with one attached hydrogen (secondary N) is 1. The minimum atomic E-state index is -4.62. The zero-order valence-corrected chi connectivity index (χ0v) is 21.7. The number of aromatic nitrogens is 3. The summed E-state index contributed by atoms with van der Waals surface area (Å²) >= 11 is 0. The first-order chi connectivity index (χ1) is 18.5. The van der Waals surface area contributed by atoms with Gasteiger partial charge in [0.05, 0.1) is 31.2 Å². The van der Waals surface area contributed by atoms with Gasteiger partial charge in [-0.1, -0.05) is 12.1 Å². The molecule has 1 atom stereocenters. The number of nitrogens with zero attached hydrogens (tertiary/aromatic N) is 4. The molecule has 1 saturated carbocycles. The van der Waals surface area contributed by atoms with E-state index in [0.717, 1.165) is 25.3 Å². The van der Waals surface area contributed by atoms with Gasteiger partial charge in [-0.3, -0.25) is 4.79 Å². The summed E-state index contributed by atoms with van der Waals surface area (Å²) in [5.74, 6) is -0.966. The van der Waals surface area contributed by atoms with Crippen LogP contribution in [0, 0.1) is 5.92 Å². The molecule has 2 aliphatic heterocycles. The number of carbonyl (C=O) groups excluding carboxylic acids is 1. The van der Waals surface area contributed by atoms with E-state index in [0.29, 0.717) is 11.3 Å². The Morgan fingerprint density at radius 1 is 1.15 bits per heavy atom. The fraction of sp³-hybridized carbons (Fsp3) is 0.464. The Balaban J connectivity index is 1.35. The molecule has 2 aromatic carbocycles. The molecule has 0 radical (unpaired) electrons. The van der Waals surface area contributed by atoms with E-state index in [4.69, 9.17) is 4.74 Å². The van der Waals surface area contributed by atoms with Crippen molar-refractivity contribution in [2.45, 2.75) is 56.7 Å². The minimum Gasteiger partial charge on any atom is -0.380 e. The molecule has 3 aliphatic rings. The molecule has 206 valence electrons. The van der Waals surface area contributed by atoms with E-state index < -0.39 is 29.2 Å². The van der Waals surface area contributed by atoms with Crippen LogP contribution in [0.25, 0.3) is 0 Å². The Labute approximate surface area is 223 Å². The molecule has 1 amide bonds. The molecule has 2 fully saturated rings. The van der Waals surface area contributed by atoms with Crippen molar-refractivity contribution in [2.24, 2.45) is 13.0 Å². The van der Waals surface area contributed by atoms with Crippen molar-refractivity contribution in [2.75, 3.05) is 18.1 Å². The van der Waals surface area contributed by atoms with E-state index in [-0.39, 0.29) is 54.4 Å². The monoisotopic (exact) mass is 543 g/mol. The molecular weight excluding hydrogens is 514 g/mol. The summed E-state index contributed by atoms with van der Waals surface area (Å²) in [5.41, 5.74) is -2.04. The van der Waals surface area contributed by atoms with Gasteiger partial charge in [0, 0.05) is 30.4 Å². The summed E-state index contributed by atoms with van der Waals surface area (Å²) in [4.78, 5) is 14.8. The van der Waals surface area contributed by atoms with Crippen LogP contribution in [0.2, 0.25) is 0 Å². The summed E-state index contributed by atoms with van der Waals surface area (Å²) in [6.07, 6.45) is -0.208. The second-order valence-electron chi connectivity index (χ2n) is 11.1. The summed E-state index contributed by atoms with van der Waals surface area (Å²) in [6.45, 7) is 2.41. The molecule has 1 saturated heterocycles. The molecule has 39 heavy (non-hydrogen) atoms. The van der Waals surface area contributed by atoms with Gasteiger partial charge in [0.1, 0.15) is 6.33 Å². The lowest BCUT2D eigenvalue weighted by atomic mass is 9.78. The third-order valence-electron chi connectivity index (χ3n) is 8.40. The van der Waals surface area contributed by atoms with Crippen LogP contribution in [0.15, 0.2) is 42.7 Å². The lowest BCUT2D eigenvalue weighted by molar-refractivity contribution is -0.138. The largest absolute Gasteiger partial charge is 0.416 e. The average Bonchev–Trinajstić information content (AvgIpc) is 3.42. The predicted molar refractivity (Wildman–Crippen MR) is 135 cm³/mol. The normalized spacial score (nSPS) is 20.4. The Kier molecular flexibility index (Phi) is 6.07. The molecule has 11 heteroatoms. The highest BCUT2D eigenvalue weighted by Crippen LogP contribution is 2.45. The number of hydrogen-bond acceptors (Lipinski definition) is 5. The molecule has 3 aromatic rings. The number of anilines is 1. The average molecular weight is 544 g/mol. The maximum absolute atomic E-state index is 16.8. The summed E-state index contributed by atoms with van der Waals surface area (Å²) in [5, 5.41) is 11.2. The third kappa shape index (κ3) is 4.31. The highest BCUT2D eigenvalue weighted by atomic mass is 19.4. The summed E-state index contributed by atoms with van der Waals surface area (Å²) in [6, 6.07) is 9.01. The van der Waals surface area contributed by atoms with Gasteiger partial charge < -0.3 is 19.5 Å². The second-order valence-corrected chi connectivity index (χ2v) is 11.1. The first kappa shape index (κ1) is 25.9. The van der Waals surface area contributed by atoms with Crippen LogP contribution >= 0.6 is 0 Å². The van der Waals surface area contributed by atoms with E-state index in [9.17, 15) is 18.0 Å². The van der Waals surface area contributed by atoms with Crippen LogP contribution in [0.1, 0.15) is 64.6 Å². The number of carbonyl (C=O) groups is 1. The van der Waals surface area contributed by atoms with Gasteiger partial charge in [0.2, 0.25) is 5.67 Å². The van der Waals surface area contributed by atoms with Gasteiger partial charge in [-0.2, -0.15) is 13.2 Å². The molecule has 1 N–H and O–H groups in total. The second kappa shape index (κ2) is 9.12. The lowest BCUT2D eigenvalue weighted by Crippen LogP contribution is -2.47. The van der Waals surface area contributed by atoms with E-state index >= 15 is 4.39 Å². The van der Waals surface area contributed by atoms with Crippen LogP contribution in [0.3, 0.4) is 0 Å². The highest BCUT2D eigenvalue weighted by molar-refractivity contribution is 6.10. The topological polar surface area (TPSA) is 72.3 Å². The number of halogens is 4. The smallest absolute Gasteiger partial charge is 0.380 e. The number of ether oxygens (including phenoxy) is 1. The first-order valence-corrected chi connectivity index (χ1v) is 13.0. The van der Waals surface area contributed by atoms with Gasteiger partial charge in [-0.05, 0) is 67.1 Å². The molecule has 0 spiro atoms. The van der Waals surface area contributed by atoms with Crippen LogP contribution < -0.4 is 10.2 Å². The number of benzene rings is 2. The molecule has 6 rings (SSSR count). The number of hydrogen-bond donors (Lipinski definition) is 1. The van der Waals surface area contributed by atoms with Crippen molar-refractivity contribution in [3.05, 3.63) is 76.4 Å². The van der Waals surface area contributed by atoms with Crippen molar-refractivity contribution in [3.63, 3.8) is 0 Å². The minimum absolute atomic E-state index is 0.0259. The van der Waals surface area contributed by atoms with Crippen molar-refractivity contribution in [3.8, 4) is 0 Å². The Morgan fingerprint density at radius 2 is 1.92 bits per heavy atom. The molecule has 3 heterocycles. The number of amides is 1. The Morgan fingerprint density at radius 3 is 2.51 bits per heavy atom. The zero-order chi connectivity index (χ0) is 27.6. The maximum atomic E-state index is 16.8. The van der Waals surface area contributed by atoms with Crippen LogP contribution in [0.4, 0.5) is 23.2 Å². The fourth-order valence-corrected chi connectivity index (χ4v) is 5.76. The molecule has 0 unspecified atom stereocenters. The summed E-state index contributed by atoms with van der Waals surface area (Å²) in [7, 11) is 1.64. The standard InChI is InChI=1S/C28H29F4N5O2/c1-26(7-4-8-26)33-12-17-9-21-22(23(10-17)28(30,31)32)13-37(24(21)38)20-6-3-5-18(11-20)27(29,19-14-39-15-19)25-35-34-16-36(25)2/h3,5-6,9-11,16,19,33H,4,7-8,12-15H2,1-2H3/t27-/m0/s1. The Bertz CT molecular complexity index is 1430. The molecular formula is C28H29F4N5O2. The van der Waals surface area contributed by atoms with Crippen molar-refractivity contribution < 1.29 is 27.1 Å². The number of rotatable bonds is 7. The molecule has 1 aromatic heterocycles. The van der Waals surface area contributed by atoms with E-state index in [1.165, 1.54) is 21.9 Å². The van der Waals surface area contributed by atoms with E-state index in [2.05, 4.69) is 22.4 Å².